The van der Waals surface area contributed by atoms with Crippen LogP contribution in [0.25, 0.3) is 10.2 Å². The van der Waals surface area contributed by atoms with Crippen molar-refractivity contribution in [2.24, 2.45) is 0 Å². The molecule has 0 bridgehead atoms. The summed E-state index contributed by atoms with van der Waals surface area (Å²) in [5.41, 5.74) is 8.37. The number of pyridine rings is 1. The lowest BCUT2D eigenvalue weighted by molar-refractivity contribution is 0.0956. The predicted octanol–water partition coefficient (Wildman–Crippen LogP) is 4.07. The van der Waals surface area contributed by atoms with Crippen molar-refractivity contribution >= 4 is 33.1 Å². The Balaban J connectivity index is 1.81. The summed E-state index contributed by atoms with van der Waals surface area (Å²) in [6.45, 7) is 4.46. The van der Waals surface area contributed by atoms with Gasteiger partial charge in [0.05, 0.1) is 5.69 Å². The first-order valence-corrected chi connectivity index (χ1v) is 8.49. The lowest BCUT2D eigenvalue weighted by atomic mass is 10.1. The van der Waals surface area contributed by atoms with Crippen LogP contribution in [0.15, 0.2) is 36.4 Å². The van der Waals surface area contributed by atoms with E-state index in [1.807, 2.05) is 12.1 Å². The number of hydrogen-bond donors (Lipinski definition) is 2. The summed E-state index contributed by atoms with van der Waals surface area (Å²) in [7, 11) is 0. The maximum absolute atomic E-state index is 12.9. The summed E-state index contributed by atoms with van der Waals surface area (Å²) < 4.78 is 12.9. The lowest BCUT2D eigenvalue weighted by Gasteiger charge is -2.04. The van der Waals surface area contributed by atoms with Crippen LogP contribution in [-0.4, -0.2) is 10.9 Å². The van der Waals surface area contributed by atoms with E-state index in [9.17, 15) is 9.18 Å². The fraction of sp³-hybridized carbons (Fsp3) is 0.222. The molecule has 24 heavy (non-hydrogen) atoms. The molecule has 3 N–H and O–H groups in total. The Morgan fingerprint density at radius 2 is 1.96 bits per heavy atom. The number of anilines is 1. The van der Waals surface area contributed by atoms with Crippen molar-refractivity contribution in [3.05, 3.63) is 58.3 Å². The lowest BCUT2D eigenvalue weighted by Crippen LogP contribution is -2.22. The van der Waals surface area contributed by atoms with Crippen LogP contribution in [0.3, 0.4) is 0 Å². The summed E-state index contributed by atoms with van der Waals surface area (Å²) in [4.78, 5) is 18.2. The topological polar surface area (TPSA) is 68.0 Å². The van der Waals surface area contributed by atoms with Crippen LogP contribution in [0.4, 0.5) is 10.1 Å². The molecule has 1 amide bonds. The van der Waals surface area contributed by atoms with Crippen LogP contribution in [0.2, 0.25) is 0 Å². The van der Waals surface area contributed by atoms with Crippen molar-refractivity contribution in [1.29, 1.82) is 0 Å². The van der Waals surface area contributed by atoms with Gasteiger partial charge >= 0.3 is 0 Å². The minimum atomic E-state index is -0.300. The molecule has 6 heteroatoms. The van der Waals surface area contributed by atoms with E-state index < -0.39 is 0 Å². The Morgan fingerprint density at radius 1 is 1.25 bits per heavy atom. The fourth-order valence-electron chi connectivity index (χ4n) is 2.37. The number of halogens is 1. The number of nitrogens with two attached hydrogens (primary N) is 1. The summed E-state index contributed by atoms with van der Waals surface area (Å²) in [5.74, 6) is -0.231. The second-order valence-corrected chi connectivity index (χ2v) is 6.90. The number of hydrogen-bond acceptors (Lipinski definition) is 4. The molecule has 0 aliphatic carbocycles. The summed E-state index contributed by atoms with van der Waals surface area (Å²) >= 11 is 1.29. The maximum atomic E-state index is 12.9. The molecule has 124 valence electrons. The third kappa shape index (κ3) is 3.23. The number of amides is 1. The van der Waals surface area contributed by atoms with Gasteiger partial charge in [0, 0.05) is 17.6 Å². The predicted molar refractivity (Wildman–Crippen MR) is 95.7 cm³/mol. The number of nitrogen functional groups attached to an aromatic ring is 1. The van der Waals surface area contributed by atoms with Crippen LogP contribution >= 0.6 is 11.3 Å². The molecule has 0 aliphatic heterocycles. The molecule has 0 atom stereocenters. The Hall–Kier alpha value is -2.47. The molecule has 4 nitrogen and oxygen atoms in total. The van der Waals surface area contributed by atoms with Crippen molar-refractivity contribution in [1.82, 2.24) is 10.3 Å². The number of benzene rings is 1. The van der Waals surface area contributed by atoms with E-state index in [-0.39, 0.29) is 11.7 Å². The van der Waals surface area contributed by atoms with E-state index in [0.29, 0.717) is 23.0 Å². The normalized spacial score (nSPS) is 11.2. The number of rotatable bonds is 4. The second kappa shape index (κ2) is 6.57. The van der Waals surface area contributed by atoms with E-state index in [1.165, 1.54) is 23.5 Å². The van der Waals surface area contributed by atoms with Gasteiger partial charge in [-0.25, -0.2) is 9.37 Å². The summed E-state index contributed by atoms with van der Waals surface area (Å²) in [6.07, 6.45) is 0. The minimum Gasteiger partial charge on any atom is -0.397 e. The largest absolute Gasteiger partial charge is 0.397 e. The average Bonchev–Trinajstić information content (AvgIpc) is 2.90. The minimum absolute atomic E-state index is 0.245. The monoisotopic (exact) mass is 343 g/mol. The highest BCUT2D eigenvalue weighted by Gasteiger charge is 2.17. The Morgan fingerprint density at radius 3 is 2.62 bits per heavy atom. The SMILES string of the molecule is CC(C)c1ccc2c(N)c(C(=O)NCc3ccc(F)cc3)sc2n1. The van der Waals surface area contributed by atoms with Gasteiger partial charge in [0.25, 0.3) is 5.91 Å². The van der Waals surface area contributed by atoms with Crippen LogP contribution in [0.1, 0.15) is 40.7 Å². The smallest absolute Gasteiger partial charge is 0.263 e. The van der Waals surface area contributed by atoms with E-state index in [4.69, 9.17) is 5.73 Å². The Kier molecular flexibility index (Phi) is 4.49. The number of thiophene rings is 1. The van der Waals surface area contributed by atoms with Gasteiger partial charge in [-0.3, -0.25) is 4.79 Å². The number of nitrogens with zero attached hydrogens (tertiary/aromatic N) is 1. The molecular weight excluding hydrogens is 325 g/mol. The second-order valence-electron chi connectivity index (χ2n) is 5.90. The zero-order valence-corrected chi connectivity index (χ0v) is 14.3. The highest BCUT2D eigenvalue weighted by Crippen LogP contribution is 2.33. The van der Waals surface area contributed by atoms with Crippen molar-refractivity contribution in [2.75, 3.05) is 5.73 Å². The maximum Gasteiger partial charge on any atom is 0.263 e. The average molecular weight is 343 g/mol. The first-order chi connectivity index (χ1) is 11.5. The van der Waals surface area contributed by atoms with Gasteiger partial charge in [-0.15, -0.1) is 11.3 Å². The molecule has 0 fully saturated rings. The number of fused-ring (bicyclic) bond motifs is 1. The first kappa shape index (κ1) is 16.4. The fourth-order valence-corrected chi connectivity index (χ4v) is 3.38. The number of carbonyl (C=O) groups is 1. The number of aromatic nitrogens is 1. The van der Waals surface area contributed by atoms with Crippen molar-refractivity contribution in [3.8, 4) is 0 Å². The van der Waals surface area contributed by atoms with Gasteiger partial charge in [0.2, 0.25) is 0 Å². The van der Waals surface area contributed by atoms with Gasteiger partial charge in [-0.05, 0) is 35.7 Å². The summed E-state index contributed by atoms with van der Waals surface area (Å²) in [6, 6.07) is 9.87. The van der Waals surface area contributed by atoms with Crippen molar-refractivity contribution in [3.63, 3.8) is 0 Å². The zero-order valence-electron chi connectivity index (χ0n) is 13.5. The van der Waals surface area contributed by atoms with Gasteiger partial charge in [-0.1, -0.05) is 26.0 Å². The third-order valence-electron chi connectivity index (χ3n) is 3.78. The van der Waals surface area contributed by atoms with Gasteiger partial charge < -0.3 is 11.1 Å². The molecule has 3 rings (SSSR count). The Labute approximate surface area is 143 Å². The third-order valence-corrected chi connectivity index (χ3v) is 4.89. The van der Waals surface area contributed by atoms with E-state index in [1.54, 1.807) is 12.1 Å². The van der Waals surface area contributed by atoms with Crippen LogP contribution in [0.5, 0.6) is 0 Å². The Bertz CT molecular complexity index is 887. The van der Waals surface area contributed by atoms with Crippen molar-refractivity contribution < 1.29 is 9.18 Å². The molecule has 0 aliphatic rings. The van der Waals surface area contributed by atoms with Crippen LogP contribution < -0.4 is 11.1 Å². The molecule has 3 aromatic rings. The molecule has 2 heterocycles. The molecular formula is C18H18FN3OS. The molecule has 0 radical (unpaired) electrons. The van der Waals surface area contributed by atoms with Crippen LogP contribution in [0, 0.1) is 5.82 Å². The molecule has 0 spiro atoms. The van der Waals surface area contributed by atoms with Gasteiger partial charge in [0.15, 0.2) is 0 Å². The van der Waals surface area contributed by atoms with Crippen LogP contribution in [-0.2, 0) is 6.54 Å². The van der Waals surface area contributed by atoms with Crippen molar-refractivity contribution in [2.45, 2.75) is 26.3 Å². The molecule has 1 aromatic carbocycles. The molecule has 0 saturated carbocycles. The number of carbonyl (C=O) groups excluding carboxylic acids is 1. The molecule has 0 unspecified atom stereocenters. The standard InChI is InChI=1S/C18H18FN3OS/c1-10(2)14-8-7-13-15(20)16(24-18(13)22-14)17(23)21-9-11-3-5-12(19)6-4-11/h3-8,10H,9,20H2,1-2H3,(H,21,23). The van der Waals surface area contributed by atoms with E-state index >= 15 is 0 Å². The van der Waals surface area contributed by atoms with Gasteiger partial charge in [0.1, 0.15) is 15.5 Å². The highest BCUT2D eigenvalue weighted by atomic mass is 32.1. The molecule has 0 saturated heterocycles. The first-order valence-electron chi connectivity index (χ1n) is 7.67. The van der Waals surface area contributed by atoms with E-state index in [2.05, 4.69) is 24.1 Å². The van der Waals surface area contributed by atoms with E-state index in [0.717, 1.165) is 21.5 Å². The number of nitrogens with one attached hydrogen (secondary N) is 1. The summed E-state index contributed by atoms with van der Waals surface area (Å²) in [5, 5.41) is 3.62. The zero-order chi connectivity index (χ0) is 17.3. The molecule has 2 aromatic heterocycles. The van der Waals surface area contributed by atoms with Gasteiger partial charge in [-0.2, -0.15) is 0 Å². The quantitative estimate of drug-likeness (QED) is 0.750. The highest BCUT2D eigenvalue weighted by molar-refractivity contribution is 7.21.